The number of aliphatic hydroxyl groups is 1. The highest BCUT2D eigenvalue weighted by atomic mass is 19.1. The van der Waals surface area contributed by atoms with Gasteiger partial charge in [0.05, 0.1) is 7.85 Å². The van der Waals surface area contributed by atoms with E-state index in [1.807, 2.05) is 6.92 Å². The second-order valence-corrected chi connectivity index (χ2v) is 9.20. The van der Waals surface area contributed by atoms with Crippen molar-refractivity contribution in [3.05, 3.63) is 0 Å². The van der Waals surface area contributed by atoms with Gasteiger partial charge >= 0.3 is 0 Å². The number of hydrogen-bond acceptors (Lipinski definition) is 3. The fourth-order valence-electron chi connectivity index (χ4n) is 3.35. The first-order chi connectivity index (χ1) is 11.9. The van der Waals surface area contributed by atoms with Crippen molar-refractivity contribution in [1.82, 2.24) is 10.6 Å². The van der Waals surface area contributed by atoms with Crippen molar-refractivity contribution in [1.29, 1.82) is 0 Å². The number of nitrogens with one attached hydrogen (secondary N) is 2. The third-order valence-corrected chi connectivity index (χ3v) is 5.81. The number of aliphatic hydroxyl groups excluding tert-OH is 1. The fraction of sp³-hybridized carbons (Fsp3) is 1.00. The van der Waals surface area contributed by atoms with Crippen LogP contribution < -0.4 is 10.6 Å². The average Bonchev–Trinajstić information content (AvgIpc) is 2.52. The first-order valence-corrected chi connectivity index (χ1v) is 10.5. The summed E-state index contributed by atoms with van der Waals surface area (Å²) in [6, 6.07) is 0.460. The van der Waals surface area contributed by atoms with E-state index in [9.17, 15) is 9.50 Å². The Morgan fingerprint density at radius 3 is 1.96 bits per heavy atom. The SMILES string of the molecule is [B][C@H](C)CC(C(O)NCCNC(C[C@@H](C)CC)[C@H](C)C(C)C)C(C)(C)F. The van der Waals surface area contributed by atoms with Gasteiger partial charge in [-0.1, -0.05) is 53.8 Å². The zero-order chi connectivity index (χ0) is 20.5. The monoisotopic (exact) mass is 370 g/mol. The smallest absolute Gasteiger partial charge is 0.112 e. The Balaban J connectivity index is 4.56. The van der Waals surface area contributed by atoms with Crippen molar-refractivity contribution in [2.45, 2.75) is 98.4 Å². The van der Waals surface area contributed by atoms with E-state index in [2.05, 4.69) is 45.3 Å². The average molecular weight is 370 g/mol. The number of halogens is 1. The van der Waals surface area contributed by atoms with Crippen LogP contribution in [0.1, 0.15) is 74.7 Å². The molecule has 0 heterocycles. The molecule has 154 valence electrons. The summed E-state index contributed by atoms with van der Waals surface area (Å²) in [5.74, 6) is 1.24. The van der Waals surface area contributed by atoms with E-state index in [-0.39, 0.29) is 5.82 Å². The molecule has 2 radical (unpaired) electrons. The molecule has 3 N–H and O–H groups in total. The summed E-state index contributed by atoms with van der Waals surface area (Å²) in [5.41, 5.74) is -1.47. The van der Waals surface area contributed by atoms with Gasteiger partial charge in [0.15, 0.2) is 0 Å². The van der Waals surface area contributed by atoms with Gasteiger partial charge in [-0.3, -0.25) is 5.32 Å². The number of hydrogen-bond donors (Lipinski definition) is 3. The van der Waals surface area contributed by atoms with Crippen molar-refractivity contribution in [3.63, 3.8) is 0 Å². The van der Waals surface area contributed by atoms with Crippen LogP contribution in [-0.4, -0.2) is 44.0 Å². The molecule has 0 aromatic carbocycles. The van der Waals surface area contributed by atoms with Gasteiger partial charge in [0.1, 0.15) is 11.9 Å². The second-order valence-electron chi connectivity index (χ2n) is 9.20. The van der Waals surface area contributed by atoms with Gasteiger partial charge in [-0.25, -0.2) is 4.39 Å². The van der Waals surface area contributed by atoms with E-state index < -0.39 is 17.8 Å². The third kappa shape index (κ3) is 10.3. The molecule has 5 heteroatoms. The van der Waals surface area contributed by atoms with Crippen LogP contribution >= 0.6 is 0 Å². The topological polar surface area (TPSA) is 44.3 Å². The van der Waals surface area contributed by atoms with E-state index in [4.69, 9.17) is 7.85 Å². The first kappa shape index (κ1) is 25.9. The first-order valence-electron chi connectivity index (χ1n) is 10.5. The molecule has 0 aromatic rings. The Labute approximate surface area is 163 Å². The lowest BCUT2D eigenvalue weighted by Gasteiger charge is -2.34. The molecule has 0 aliphatic carbocycles. The Kier molecular flexibility index (Phi) is 12.3. The molecule has 0 rings (SSSR count). The van der Waals surface area contributed by atoms with Crippen molar-refractivity contribution in [3.8, 4) is 0 Å². The standard InChI is InChI=1S/C21H44BFN2O/c1-9-15(4)12-19(17(6)14(2)3)24-10-11-25-20(26)18(13-16(5)22)21(7,8)23/h14-20,24-26H,9-13H2,1-8H3/t15-,16+,17+,18?,19?,20?/m0/s1. The Morgan fingerprint density at radius 2 is 1.54 bits per heavy atom. The minimum atomic E-state index is -1.47. The Bertz CT molecular complexity index is 360. The zero-order valence-electron chi connectivity index (χ0n) is 18.5. The van der Waals surface area contributed by atoms with Crippen LogP contribution in [0.25, 0.3) is 0 Å². The summed E-state index contributed by atoms with van der Waals surface area (Å²) < 4.78 is 14.4. The van der Waals surface area contributed by atoms with E-state index >= 15 is 0 Å². The molecule has 0 saturated heterocycles. The summed E-state index contributed by atoms with van der Waals surface area (Å²) in [6.45, 7) is 17.6. The molecule has 0 fully saturated rings. The maximum atomic E-state index is 14.4. The van der Waals surface area contributed by atoms with Gasteiger partial charge in [-0.05, 0) is 44.4 Å². The van der Waals surface area contributed by atoms with Crippen LogP contribution in [0.2, 0.25) is 5.82 Å². The fourth-order valence-corrected chi connectivity index (χ4v) is 3.35. The molecule has 3 nitrogen and oxygen atoms in total. The predicted molar refractivity (Wildman–Crippen MR) is 112 cm³/mol. The van der Waals surface area contributed by atoms with Crippen molar-refractivity contribution >= 4 is 7.85 Å². The summed E-state index contributed by atoms with van der Waals surface area (Å²) >= 11 is 0. The summed E-state index contributed by atoms with van der Waals surface area (Å²) in [6.07, 6.45) is 1.90. The summed E-state index contributed by atoms with van der Waals surface area (Å²) in [4.78, 5) is 0. The lowest BCUT2D eigenvalue weighted by Crippen LogP contribution is -2.48. The zero-order valence-corrected chi connectivity index (χ0v) is 18.5. The van der Waals surface area contributed by atoms with Crippen molar-refractivity contribution < 1.29 is 9.50 Å². The Hall–Kier alpha value is -0.125. The van der Waals surface area contributed by atoms with Crippen LogP contribution in [0.4, 0.5) is 4.39 Å². The lowest BCUT2D eigenvalue weighted by atomic mass is 9.76. The highest BCUT2D eigenvalue weighted by Gasteiger charge is 2.35. The molecule has 0 bridgehead atoms. The van der Waals surface area contributed by atoms with E-state index in [0.29, 0.717) is 36.8 Å². The highest BCUT2D eigenvalue weighted by molar-refractivity contribution is 6.11. The molecule has 0 aromatic heterocycles. The molecular formula is C21H44BFN2O. The summed E-state index contributed by atoms with van der Waals surface area (Å²) in [7, 11) is 5.83. The molecule has 26 heavy (non-hydrogen) atoms. The summed E-state index contributed by atoms with van der Waals surface area (Å²) in [5, 5.41) is 17.1. The molecule has 0 saturated carbocycles. The van der Waals surface area contributed by atoms with Gasteiger partial charge in [0.2, 0.25) is 0 Å². The minimum Gasteiger partial charge on any atom is -0.378 e. The Morgan fingerprint density at radius 1 is 1.00 bits per heavy atom. The van der Waals surface area contributed by atoms with Gasteiger partial charge < -0.3 is 10.4 Å². The maximum Gasteiger partial charge on any atom is 0.112 e. The van der Waals surface area contributed by atoms with Crippen LogP contribution in [-0.2, 0) is 0 Å². The molecule has 0 spiro atoms. The van der Waals surface area contributed by atoms with Crippen molar-refractivity contribution in [2.24, 2.45) is 23.7 Å². The molecule has 0 aliphatic heterocycles. The van der Waals surface area contributed by atoms with Crippen LogP contribution in [0.15, 0.2) is 0 Å². The van der Waals surface area contributed by atoms with Crippen LogP contribution in [0.5, 0.6) is 0 Å². The minimum absolute atomic E-state index is 0.142. The van der Waals surface area contributed by atoms with E-state index in [1.54, 1.807) is 0 Å². The van der Waals surface area contributed by atoms with Gasteiger partial charge in [-0.15, -0.1) is 0 Å². The molecule has 0 aliphatic rings. The largest absolute Gasteiger partial charge is 0.378 e. The van der Waals surface area contributed by atoms with Gasteiger partial charge in [0.25, 0.3) is 0 Å². The second kappa shape index (κ2) is 12.4. The number of alkyl halides is 1. The van der Waals surface area contributed by atoms with Gasteiger partial charge in [0, 0.05) is 25.0 Å². The number of rotatable bonds is 14. The molecule has 3 unspecified atom stereocenters. The van der Waals surface area contributed by atoms with Crippen molar-refractivity contribution in [2.75, 3.05) is 13.1 Å². The maximum absolute atomic E-state index is 14.4. The quantitative estimate of drug-likeness (QED) is 0.243. The normalized spacial score (nSPS) is 19.8. The molecule has 6 atom stereocenters. The predicted octanol–water partition coefficient (Wildman–Crippen LogP) is 4.31. The molecular weight excluding hydrogens is 326 g/mol. The van der Waals surface area contributed by atoms with E-state index in [0.717, 1.165) is 13.0 Å². The third-order valence-electron chi connectivity index (χ3n) is 5.81. The molecule has 0 amide bonds. The van der Waals surface area contributed by atoms with Crippen LogP contribution in [0, 0.1) is 23.7 Å². The van der Waals surface area contributed by atoms with E-state index in [1.165, 1.54) is 20.3 Å². The lowest BCUT2D eigenvalue weighted by molar-refractivity contribution is -0.0133. The van der Waals surface area contributed by atoms with Gasteiger partial charge in [-0.2, -0.15) is 0 Å². The highest BCUT2D eigenvalue weighted by Crippen LogP contribution is 2.30. The van der Waals surface area contributed by atoms with Crippen LogP contribution in [0.3, 0.4) is 0 Å².